The van der Waals surface area contributed by atoms with E-state index in [1.54, 1.807) is 10.6 Å². The first-order chi connectivity index (χ1) is 13.3. The molecule has 0 spiro atoms. The highest BCUT2D eigenvalue weighted by Crippen LogP contribution is 2.32. The maximum atomic E-state index is 12.9. The molecule has 0 aliphatic carbocycles. The molecule has 0 saturated carbocycles. The number of anilines is 1. The van der Waals surface area contributed by atoms with Gasteiger partial charge in [0.2, 0.25) is 5.88 Å². The molecule has 0 radical (unpaired) electrons. The van der Waals surface area contributed by atoms with Gasteiger partial charge >= 0.3 is 11.9 Å². The van der Waals surface area contributed by atoms with Gasteiger partial charge in [0, 0.05) is 51.5 Å². The molecule has 0 atom stereocenters. The van der Waals surface area contributed by atoms with Crippen LogP contribution in [0.1, 0.15) is 17.7 Å². The van der Waals surface area contributed by atoms with Crippen LogP contribution in [0.3, 0.4) is 0 Å². The van der Waals surface area contributed by atoms with Crippen molar-refractivity contribution in [1.82, 2.24) is 14.0 Å². The molecular weight excluding hydrogens is 373 g/mol. The minimum atomic E-state index is -4.34. The van der Waals surface area contributed by atoms with Gasteiger partial charge in [-0.3, -0.25) is 14.0 Å². The normalized spacial score (nSPS) is 17.9. The summed E-state index contributed by atoms with van der Waals surface area (Å²) in [5.41, 5.74) is 0.503. The van der Waals surface area contributed by atoms with Crippen LogP contribution >= 0.6 is 0 Å². The summed E-state index contributed by atoms with van der Waals surface area (Å²) in [5, 5.41) is 10.3. The number of nitrogens with zero attached hydrogens (tertiary/aromatic N) is 4. The first-order valence-corrected chi connectivity index (χ1v) is 9.50. The Hall–Kier alpha value is -2.42. The molecule has 1 aromatic heterocycles. The standard InChI is InChI=1S/C19H23F3N4O2/c20-19(21,22)14-3-1-4-15(13-14)24-10-7-23(8-11-24)9-12-26-17(27)16-5-2-6-25(16)18(26)28/h1,3-4,13,27H,2,5-12H2. The van der Waals surface area contributed by atoms with Crippen molar-refractivity contribution in [1.29, 1.82) is 0 Å². The molecule has 9 heteroatoms. The lowest BCUT2D eigenvalue weighted by Crippen LogP contribution is -2.47. The van der Waals surface area contributed by atoms with Crippen molar-refractivity contribution >= 4 is 5.69 Å². The zero-order valence-corrected chi connectivity index (χ0v) is 15.5. The summed E-state index contributed by atoms with van der Waals surface area (Å²) in [4.78, 5) is 16.5. The van der Waals surface area contributed by atoms with Gasteiger partial charge < -0.3 is 10.0 Å². The van der Waals surface area contributed by atoms with E-state index < -0.39 is 11.7 Å². The minimum Gasteiger partial charge on any atom is -0.493 e. The van der Waals surface area contributed by atoms with Crippen LogP contribution in [0.15, 0.2) is 29.1 Å². The van der Waals surface area contributed by atoms with Crippen LogP contribution in [0, 0.1) is 0 Å². The van der Waals surface area contributed by atoms with E-state index in [9.17, 15) is 23.1 Å². The number of rotatable bonds is 4. The third kappa shape index (κ3) is 3.50. The number of piperazine rings is 1. The van der Waals surface area contributed by atoms with Gasteiger partial charge in [0.25, 0.3) is 0 Å². The molecule has 0 unspecified atom stereocenters. The molecule has 1 fully saturated rings. The second kappa shape index (κ2) is 7.20. The summed E-state index contributed by atoms with van der Waals surface area (Å²) in [5.74, 6) is 0.0742. The Labute approximate surface area is 160 Å². The Morgan fingerprint density at radius 1 is 1.04 bits per heavy atom. The second-order valence-corrected chi connectivity index (χ2v) is 7.34. The maximum absolute atomic E-state index is 12.9. The molecule has 4 rings (SSSR count). The highest BCUT2D eigenvalue weighted by molar-refractivity contribution is 5.49. The molecule has 1 aromatic carbocycles. The Morgan fingerprint density at radius 3 is 2.46 bits per heavy atom. The van der Waals surface area contributed by atoms with Gasteiger partial charge in [-0.05, 0) is 31.0 Å². The number of hydrogen-bond donors (Lipinski definition) is 1. The van der Waals surface area contributed by atoms with E-state index in [0.29, 0.717) is 51.5 Å². The summed E-state index contributed by atoms with van der Waals surface area (Å²) < 4.78 is 41.8. The van der Waals surface area contributed by atoms with Crippen LogP contribution in [-0.2, 0) is 25.7 Å². The Balaban J connectivity index is 1.35. The number of benzene rings is 1. The highest BCUT2D eigenvalue weighted by Gasteiger charge is 2.31. The molecule has 1 saturated heterocycles. The Morgan fingerprint density at radius 2 is 1.79 bits per heavy atom. The molecule has 152 valence electrons. The number of fused-ring (bicyclic) bond motifs is 1. The minimum absolute atomic E-state index is 0.0742. The molecule has 2 aliphatic rings. The summed E-state index contributed by atoms with van der Waals surface area (Å²) in [6.07, 6.45) is -2.73. The molecule has 0 bridgehead atoms. The summed E-state index contributed by atoms with van der Waals surface area (Å²) in [6.45, 7) is 4.31. The summed E-state index contributed by atoms with van der Waals surface area (Å²) in [7, 11) is 0. The van der Waals surface area contributed by atoms with Crippen LogP contribution in [0.2, 0.25) is 0 Å². The van der Waals surface area contributed by atoms with Crippen molar-refractivity contribution in [2.75, 3.05) is 37.6 Å². The molecular formula is C19H23F3N4O2. The van der Waals surface area contributed by atoms with Gasteiger partial charge in [-0.1, -0.05) is 6.07 Å². The van der Waals surface area contributed by atoms with E-state index in [4.69, 9.17) is 0 Å². The highest BCUT2D eigenvalue weighted by atomic mass is 19.4. The van der Waals surface area contributed by atoms with Crippen LogP contribution in [-0.4, -0.2) is 51.9 Å². The molecule has 1 N–H and O–H groups in total. The quantitative estimate of drug-likeness (QED) is 0.861. The predicted octanol–water partition coefficient (Wildman–Crippen LogP) is 2.14. The predicted molar refractivity (Wildman–Crippen MR) is 98.8 cm³/mol. The second-order valence-electron chi connectivity index (χ2n) is 7.34. The largest absolute Gasteiger partial charge is 0.493 e. The van der Waals surface area contributed by atoms with Crippen molar-refractivity contribution in [2.45, 2.75) is 32.1 Å². The fourth-order valence-electron chi connectivity index (χ4n) is 4.06. The first kappa shape index (κ1) is 18.9. The maximum Gasteiger partial charge on any atom is 0.416 e. The zero-order chi connectivity index (χ0) is 19.9. The molecule has 28 heavy (non-hydrogen) atoms. The van der Waals surface area contributed by atoms with E-state index in [0.717, 1.165) is 24.6 Å². The molecule has 3 heterocycles. The van der Waals surface area contributed by atoms with E-state index in [-0.39, 0.29) is 11.6 Å². The van der Waals surface area contributed by atoms with Gasteiger partial charge in [0.15, 0.2) is 0 Å². The molecule has 6 nitrogen and oxygen atoms in total. The lowest BCUT2D eigenvalue weighted by atomic mass is 10.1. The van der Waals surface area contributed by atoms with E-state index in [1.807, 2.05) is 4.90 Å². The van der Waals surface area contributed by atoms with Crippen LogP contribution in [0.4, 0.5) is 18.9 Å². The monoisotopic (exact) mass is 396 g/mol. The Bertz CT molecular complexity index is 911. The topological polar surface area (TPSA) is 53.6 Å². The number of aromatic hydroxyl groups is 1. The SMILES string of the molecule is O=c1n(CCN2CCN(c3cccc(C(F)(F)F)c3)CC2)c(O)c2n1CCC2. The average molecular weight is 396 g/mol. The van der Waals surface area contributed by atoms with Crippen molar-refractivity contribution in [2.24, 2.45) is 0 Å². The van der Waals surface area contributed by atoms with Gasteiger partial charge in [0.05, 0.1) is 11.3 Å². The van der Waals surface area contributed by atoms with Crippen molar-refractivity contribution < 1.29 is 18.3 Å². The zero-order valence-electron chi connectivity index (χ0n) is 15.5. The van der Waals surface area contributed by atoms with Crippen molar-refractivity contribution in [3.05, 3.63) is 46.0 Å². The number of hydrogen-bond acceptors (Lipinski definition) is 4. The summed E-state index contributed by atoms with van der Waals surface area (Å²) in [6, 6.07) is 5.41. The third-order valence-electron chi connectivity index (χ3n) is 5.65. The number of alkyl halides is 3. The molecule has 2 aliphatic heterocycles. The summed E-state index contributed by atoms with van der Waals surface area (Å²) >= 11 is 0. The van der Waals surface area contributed by atoms with Crippen molar-refractivity contribution in [3.63, 3.8) is 0 Å². The van der Waals surface area contributed by atoms with Gasteiger partial charge in [-0.15, -0.1) is 0 Å². The smallest absolute Gasteiger partial charge is 0.416 e. The lowest BCUT2D eigenvalue weighted by molar-refractivity contribution is -0.137. The van der Waals surface area contributed by atoms with Crippen LogP contribution in [0.5, 0.6) is 5.88 Å². The number of aromatic nitrogens is 2. The third-order valence-corrected chi connectivity index (χ3v) is 5.65. The average Bonchev–Trinajstić information content (AvgIpc) is 3.25. The number of imidazole rings is 1. The first-order valence-electron chi connectivity index (χ1n) is 9.50. The van der Waals surface area contributed by atoms with E-state index in [2.05, 4.69) is 4.90 Å². The molecule has 0 amide bonds. The van der Waals surface area contributed by atoms with Gasteiger partial charge in [0.1, 0.15) is 0 Å². The van der Waals surface area contributed by atoms with Gasteiger partial charge in [-0.2, -0.15) is 13.2 Å². The van der Waals surface area contributed by atoms with Crippen LogP contribution < -0.4 is 10.6 Å². The van der Waals surface area contributed by atoms with Crippen LogP contribution in [0.25, 0.3) is 0 Å². The lowest BCUT2D eigenvalue weighted by Gasteiger charge is -2.36. The van der Waals surface area contributed by atoms with E-state index >= 15 is 0 Å². The number of halogens is 3. The van der Waals surface area contributed by atoms with Gasteiger partial charge in [-0.25, -0.2) is 4.79 Å². The molecule has 2 aromatic rings. The Kier molecular flexibility index (Phi) is 4.86. The fraction of sp³-hybridized carbons (Fsp3) is 0.526. The van der Waals surface area contributed by atoms with E-state index in [1.165, 1.54) is 16.7 Å². The van der Waals surface area contributed by atoms with Crippen molar-refractivity contribution in [3.8, 4) is 5.88 Å². The fourth-order valence-corrected chi connectivity index (χ4v) is 4.06.